The van der Waals surface area contributed by atoms with Gasteiger partial charge in [0.1, 0.15) is 11.5 Å². The molecule has 2 aromatic rings. The molecule has 0 spiro atoms. The van der Waals surface area contributed by atoms with E-state index in [0.29, 0.717) is 22.0 Å². The Morgan fingerprint density at radius 1 is 1.29 bits per heavy atom. The zero-order chi connectivity index (χ0) is 15.2. The van der Waals surface area contributed by atoms with Crippen molar-refractivity contribution in [2.24, 2.45) is 0 Å². The summed E-state index contributed by atoms with van der Waals surface area (Å²) in [6, 6.07) is 11.5. The first-order valence-corrected chi connectivity index (χ1v) is 6.58. The van der Waals surface area contributed by atoms with E-state index < -0.39 is 0 Å². The second-order valence-corrected chi connectivity index (χ2v) is 4.67. The summed E-state index contributed by atoms with van der Waals surface area (Å²) in [5, 5.41) is 12.9. The number of anilines is 1. The van der Waals surface area contributed by atoms with Gasteiger partial charge in [-0.2, -0.15) is 0 Å². The molecule has 0 unspecified atom stereocenters. The number of allylic oxidation sites excluding steroid dienone is 1. The lowest BCUT2D eigenvalue weighted by Gasteiger charge is -2.04. The Kier molecular flexibility index (Phi) is 4.85. The molecule has 21 heavy (non-hydrogen) atoms. The van der Waals surface area contributed by atoms with Crippen LogP contribution in [0.15, 0.2) is 54.7 Å². The summed E-state index contributed by atoms with van der Waals surface area (Å²) >= 11 is 5.83. The molecule has 2 rings (SSSR count). The summed E-state index contributed by atoms with van der Waals surface area (Å²) in [5.41, 5.74) is 0.944. The molecular weight excluding hydrogens is 290 g/mol. The van der Waals surface area contributed by atoms with Gasteiger partial charge in [-0.25, -0.2) is 0 Å². The maximum absolute atomic E-state index is 12.0. The van der Waals surface area contributed by atoms with E-state index in [2.05, 4.69) is 5.32 Å². The van der Waals surface area contributed by atoms with E-state index in [4.69, 9.17) is 16.3 Å². The minimum absolute atomic E-state index is 0.0536. The van der Waals surface area contributed by atoms with Gasteiger partial charge in [0.2, 0.25) is 0 Å². The van der Waals surface area contributed by atoms with Crippen molar-refractivity contribution in [1.82, 2.24) is 0 Å². The van der Waals surface area contributed by atoms with E-state index in [1.807, 2.05) is 0 Å². The van der Waals surface area contributed by atoms with Crippen molar-refractivity contribution in [2.45, 2.75) is 0 Å². The highest BCUT2D eigenvalue weighted by Crippen LogP contribution is 2.26. The molecule has 0 aliphatic rings. The Bertz CT molecular complexity index is 683. The number of halogens is 1. The van der Waals surface area contributed by atoms with Crippen LogP contribution in [0.5, 0.6) is 11.5 Å². The molecule has 2 N–H and O–H groups in total. The molecule has 0 aliphatic heterocycles. The average Bonchev–Trinajstić information content (AvgIpc) is 2.50. The molecule has 0 radical (unpaired) electrons. The predicted octanol–water partition coefficient (Wildman–Crippen LogP) is 3.86. The van der Waals surface area contributed by atoms with Crippen molar-refractivity contribution < 1.29 is 14.6 Å². The lowest BCUT2D eigenvalue weighted by Crippen LogP contribution is -1.97. The molecule has 0 saturated carbocycles. The number of methoxy groups -OCH3 is 1. The van der Waals surface area contributed by atoms with E-state index in [9.17, 15) is 9.90 Å². The van der Waals surface area contributed by atoms with Crippen LogP contribution >= 0.6 is 11.6 Å². The number of rotatable bonds is 5. The molecule has 5 heteroatoms. The van der Waals surface area contributed by atoms with Crippen LogP contribution in [0.1, 0.15) is 10.4 Å². The number of carbonyl (C=O) groups is 1. The van der Waals surface area contributed by atoms with Crippen LogP contribution in [0.2, 0.25) is 5.02 Å². The molecule has 108 valence electrons. The van der Waals surface area contributed by atoms with E-state index >= 15 is 0 Å². The Morgan fingerprint density at radius 3 is 2.86 bits per heavy atom. The molecule has 0 heterocycles. The van der Waals surface area contributed by atoms with Crippen LogP contribution in [0, 0.1) is 0 Å². The highest BCUT2D eigenvalue weighted by Gasteiger charge is 2.03. The number of ketones is 1. The number of benzene rings is 2. The Labute approximate surface area is 127 Å². The van der Waals surface area contributed by atoms with Gasteiger partial charge in [0.15, 0.2) is 5.78 Å². The lowest BCUT2D eigenvalue weighted by atomic mass is 10.1. The Hall–Kier alpha value is -2.46. The summed E-state index contributed by atoms with van der Waals surface area (Å²) in [7, 11) is 1.54. The summed E-state index contributed by atoms with van der Waals surface area (Å²) in [4.78, 5) is 12.0. The van der Waals surface area contributed by atoms with Gasteiger partial charge in [-0.05, 0) is 30.3 Å². The molecule has 0 amide bonds. The third-order valence-electron chi connectivity index (χ3n) is 2.79. The number of ether oxygens (including phenoxy) is 1. The van der Waals surface area contributed by atoms with Gasteiger partial charge in [0.25, 0.3) is 0 Å². The topological polar surface area (TPSA) is 58.6 Å². The van der Waals surface area contributed by atoms with E-state index in [1.165, 1.54) is 18.3 Å². The van der Waals surface area contributed by atoms with Crippen molar-refractivity contribution in [3.05, 3.63) is 65.3 Å². The van der Waals surface area contributed by atoms with Gasteiger partial charge in [0.05, 0.1) is 12.8 Å². The summed E-state index contributed by atoms with van der Waals surface area (Å²) < 4.78 is 5.07. The van der Waals surface area contributed by atoms with Crippen LogP contribution in [-0.4, -0.2) is 18.0 Å². The van der Waals surface area contributed by atoms with Crippen LogP contribution in [0.4, 0.5) is 5.69 Å². The number of aromatic hydroxyl groups is 1. The first-order valence-electron chi connectivity index (χ1n) is 6.20. The minimum atomic E-state index is -0.178. The fraction of sp³-hybridized carbons (Fsp3) is 0.0625. The number of phenolic OH excluding ortho intramolecular Hbond substituents is 1. The Morgan fingerprint density at radius 2 is 2.10 bits per heavy atom. The molecule has 0 bridgehead atoms. The van der Waals surface area contributed by atoms with Crippen LogP contribution < -0.4 is 10.1 Å². The standard InChI is InChI=1S/C16H14ClNO3/c1-21-13-4-2-3-11(9-13)15(19)7-8-18-14-10-12(17)5-6-16(14)20/h2-10,18,20H,1H3/b8-7+. The van der Waals surface area contributed by atoms with Crippen LogP contribution in [0.3, 0.4) is 0 Å². The Balaban J connectivity index is 2.06. The number of hydrogen-bond donors (Lipinski definition) is 2. The number of carbonyl (C=O) groups excluding carboxylic acids is 1. The van der Waals surface area contributed by atoms with E-state index in [-0.39, 0.29) is 11.5 Å². The monoisotopic (exact) mass is 303 g/mol. The fourth-order valence-corrected chi connectivity index (χ4v) is 1.88. The molecule has 4 nitrogen and oxygen atoms in total. The van der Waals surface area contributed by atoms with E-state index in [0.717, 1.165) is 0 Å². The van der Waals surface area contributed by atoms with Crippen molar-refractivity contribution in [3.63, 3.8) is 0 Å². The van der Waals surface area contributed by atoms with Gasteiger partial charge in [-0.3, -0.25) is 4.79 Å². The van der Waals surface area contributed by atoms with Gasteiger partial charge in [-0.15, -0.1) is 0 Å². The predicted molar refractivity (Wildman–Crippen MR) is 83.2 cm³/mol. The summed E-state index contributed by atoms with van der Waals surface area (Å²) in [6.45, 7) is 0. The van der Waals surface area contributed by atoms with Crippen molar-refractivity contribution >= 4 is 23.1 Å². The lowest BCUT2D eigenvalue weighted by molar-refractivity contribution is 0.104. The number of nitrogens with one attached hydrogen (secondary N) is 1. The van der Waals surface area contributed by atoms with Crippen molar-refractivity contribution in [1.29, 1.82) is 0 Å². The van der Waals surface area contributed by atoms with Gasteiger partial charge >= 0.3 is 0 Å². The highest BCUT2D eigenvalue weighted by molar-refractivity contribution is 6.30. The molecule has 2 aromatic carbocycles. The smallest absolute Gasteiger partial charge is 0.187 e. The van der Waals surface area contributed by atoms with Crippen LogP contribution in [0.25, 0.3) is 0 Å². The zero-order valence-corrected chi connectivity index (χ0v) is 12.1. The molecule has 0 atom stereocenters. The van der Waals surface area contributed by atoms with Gasteiger partial charge in [0, 0.05) is 22.9 Å². The second kappa shape index (κ2) is 6.81. The van der Waals surface area contributed by atoms with Gasteiger partial charge < -0.3 is 15.2 Å². The first kappa shape index (κ1) is 14.9. The fourth-order valence-electron chi connectivity index (χ4n) is 1.70. The third-order valence-corrected chi connectivity index (χ3v) is 3.02. The first-order chi connectivity index (χ1) is 10.1. The van der Waals surface area contributed by atoms with Crippen LogP contribution in [-0.2, 0) is 0 Å². The zero-order valence-electron chi connectivity index (χ0n) is 11.3. The number of hydrogen-bond acceptors (Lipinski definition) is 4. The molecule has 0 saturated heterocycles. The third kappa shape index (κ3) is 4.00. The molecule has 0 aliphatic carbocycles. The highest BCUT2D eigenvalue weighted by atomic mass is 35.5. The van der Waals surface area contributed by atoms with Gasteiger partial charge in [-0.1, -0.05) is 23.7 Å². The SMILES string of the molecule is COc1cccc(C(=O)/C=C/Nc2cc(Cl)ccc2O)c1. The minimum Gasteiger partial charge on any atom is -0.506 e. The average molecular weight is 304 g/mol. The largest absolute Gasteiger partial charge is 0.506 e. The second-order valence-electron chi connectivity index (χ2n) is 4.24. The quantitative estimate of drug-likeness (QED) is 0.500. The molecule has 0 fully saturated rings. The maximum atomic E-state index is 12.0. The maximum Gasteiger partial charge on any atom is 0.187 e. The van der Waals surface area contributed by atoms with Crippen molar-refractivity contribution in [3.8, 4) is 11.5 Å². The molecule has 0 aromatic heterocycles. The molecular formula is C16H14ClNO3. The summed E-state index contributed by atoms with van der Waals surface area (Å²) in [6.07, 6.45) is 2.82. The van der Waals surface area contributed by atoms with Crippen molar-refractivity contribution in [2.75, 3.05) is 12.4 Å². The number of phenols is 1. The summed E-state index contributed by atoms with van der Waals surface area (Å²) in [5.74, 6) is 0.496. The van der Waals surface area contributed by atoms with E-state index in [1.54, 1.807) is 43.5 Å². The normalized spacial score (nSPS) is 10.6.